The maximum absolute atomic E-state index is 13.4. The number of nitrogens with one attached hydrogen (secondary N) is 1. The molecule has 0 aliphatic heterocycles. The van der Waals surface area contributed by atoms with Crippen molar-refractivity contribution < 1.29 is 22.4 Å². The molecular formula is C23H29BrFN3O4S. The maximum Gasteiger partial charge on any atom is 0.244 e. The van der Waals surface area contributed by atoms with Gasteiger partial charge in [-0.15, -0.1) is 0 Å². The Hall–Kier alpha value is -2.46. The lowest BCUT2D eigenvalue weighted by atomic mass is 10.1. The number of benzene rings is 2. The van der Waals surface area contributed by atoms with Gasteiger partial charge in [0.15, 0.2) is 0 Å². The fourth-order valence-corrected chi connectivity index (χ4v) is 4.17. The van der Waals surface area contributed by atoms with E-state index in [0.29, 0.717) is 0 Å². The summed E-state index contributed by atoms with van der Waals surface area (Å²) in [7, 11) is -3.85. The fraction of sp³-hybridized carbons (Fsp3) is 0.391. The van der Waals surface area contributed by atoms with Crippen LogP contribution in [0.5, 0.6) is 0 Å². The summed E-state index contributed by atoms with van der Waals surface area (Å²) in [6, 6.07) is 11.2. The molecule has 0 aromatic heterocycles. The van der Waals surface area contributed by atoms with Crippen molar-refractivity contribution in [3.8, 4) is 0 Å². The molecule has 33 heavy (non-hydrogen) atoms. The highest BCUT2D eigenvalue weighted by molar-refractivity contribution is 9.10. The molecular weight excluding hydrogens is 513 g/mol. The quantitative estimate of drug-likeness (QED) is 0.497. The SMILES string of the molecule is CC[C@@H](C)NC(=O)[C@@H](C)N(Cc1ccc(Br)cc1)C(=O)CN(c1ccc(F)cc1)S(C)(=O)=O. The molecule has 0 saturated carbocycles. The third kappa shape index (κ3) is 7.82. The third-order valence-corrected chi connectivity index (χ3v) is 6.90. The molecule has 0 fully saturated rings. The van der Waals surface area contributed by atoms with Gasteiger partial charge in [0, 0.05) is 17.1 Å². The smallest absolute Gasteiger partial charge is 0.244 e. The Kier molecular flexibility index (Phi) is 9.42. The van der Waals surface area contributed by atoms with Gasteiger partial charge in [-0.3, -0.25) is 13.9 Å². The molecule has 0 aliphatic carbocycles. The molecule has 180 valence electrons. The van der Waals surface area contributed by atoms with Crippen molar-refractivity contribution in [3.63, 3.8) is 0 Å². The summed E-state index contributed by atoms with van der Waals surface area (Å²) in [5.74, 6) is -1.41. The molecule has 2 aromatic carbocycles. The lowest BCUT2D eigenvalue weighted by molar-refractivity contribution is -0.139. The number of amides is 2. The Morgan fingerprint density at radius 1 is 1.06 bits per heavy atom. The minimum absolute atomic E-state index is 0.0729. The summed E-state index contributed by atoms with van der Waals surface area (Å²) >= 11 is 3.37. The van der Waals surface area contributed by atoms with Crippen molar-refractivity contribution in [2.45, 2.75) is 45.8 Å². The standard InChI is InChI=1S/C23H29BrFN3O4S/c1-5-16(2)26-23(30)17(3)27(14-18-6-8-19(24)9-7-18)22(29)15-28(33(4,31)32)21-12-10-20(25)11-13-21/h6-13,16-17H,5,14-15H2,1-4H3,(H,26,30)/t16-,17-/m1/s1. The van der Waals surface area contributed by atoms with E-state index in [1.54, 1.807) is 6.92 Å². The van der Waals surface area contributed by atoms with E-state index in [1.807, 2.05) is 38.1 Å². The van der Waals surface area contributed by atoms with Crippen molar-refractivity contribution >= 4 is 43.5 Å². The molecule has 1 N–H and O–H groups in total. The average Bonchev–Trinajstić information content (AvgIpc) is 2.76. The summed E-state index contributed by atoms with van der Waals surface area (Å²) in [5, 5.41) is 2.87. The summed E-state index contributed by atoms with van der Waals surface area (Å²) < 4.78 is 40.0. The van der Waals surface area contributed by atoms with Gasteiger partial charge in [0.2, 0.25) is 21.8 Å². The first-order valence-corrected chi connectivity index (χ1v) is 13.1. The Balaban J connectivity index is 2.36. The summed E-state index contributed by atoms with van der Waals surface area (Å²) in [4.78, 5) is 27.5. The lowest BCUT2D eigenvalue weighted by Crippen LogP contribution is -2.52. The van der Waals surface area contributed by atoms with Gasteiger partial charge in [-0.25, -0.2) is 12.8 Å². The van der Waals surface area contributed by atoms with Gasteiger partial charge in [-0.2, -0.15) is 0 Å². The van der Waals surface area contributed by atoms with Crippen molar-refractivity contribution in [1.29, 1.82) is 0 Å². The van der Waals surface area contributed by atoms with Crippen molar-refractivity contribution in [2.24, 2.45) is 0 Å². The van der Waals surface area contributed by atoms with Crippen LogP contribution in [0.25, 0.3) is 0 Å². The summed E-state index contributed by atoms with van der Waals surface area (Å²) in [6.07, 6.45) is 1.70. The molecule has 0 spiro atoms. The first-order chi connectivity index (χ1) is 15.4. The lowest BCUT2D eigenvalue weighted by Gasteiger charge is -2.32. The highest BCUT2D eigenvalue weighted by atomic mass is 79.9. The van der Waals surface area contributed by atoms with E-state index in [1.165, 1.54) is 17.0 Å². The van der Waals surface area contributed by atoms with E-state index in [9.17, 15) is 22.4 Å². The zero-order valence-electron chi connectivity index (χ0n) is 19.1. The molecule has 0 bridgehead atoms. The zero-order chi connectivity index (χ0) is 24.8. The Morgan fingerprint density at radius 2 is 1.64 bits per heavy atom. The predicted octanol–water partition coefficient (Wildman–Crippen LogP) is 3.69. The predicted molar refractivity (Wildman–Crippen MR) is 131 cm³/mol. The van der Waals surface area contributed by atoms with Crippen molar-refractivity contribution in [1.82, 2.24) is 10.2 Å². The van der Waals surface area contributed by atoms with Gasteiger partial charge in [-0.1, -0.05) is 35.0 Å². The number of hydrogen-bond acceptors (Lipinski definition) is 4. The number of carbonyl (C=O) groups is 2. The summed E-state index contributed by atoms with van der Waals surface area (Å²) in [6.45, 7) is 5.00. The number of carbonyl (C=O) groups excluding carboxylic acids is 2. The molecule has 2 atom stereocenters. The van der Waals surface area contributed by atoms with Crippen LogP contribution < -0.4 is 9.62 Å². The van der Waals surface area contributed by atoms with Crippen molar-refractivity contribution in [2.75, 3.05) is 17.1 Å². The van der Waals surface area contributed by atoms with E-state index < -0.39 is 34.3 Å². The number of nitrogens with zero attached hydrogens (tertiary/aromatic N) is 2. The topological polar surface area (TPSA) is 86.8 Å². The van der Waals surface area contributed by atoms with E-state index >= 15 is 0 Å². The Morgan fingerprint density at radius 3 is 2.15 bits per heavy atom. The van der Waals surface area contributed by atoms with Crippen LogP contribution in [0.2, 0.25) is 0 Å². The van der Waals surface area contributed by atoms with Gasteiger partial charge in [0.05, 0.1) is 11.9 Å². The number of halogens is 2. The van der Waals surface area contributed by atoms with Gasteiger partial charge in [0.25, 0.3) is 0 Å². The number of sulfonamides is 1. The van der Waals surface area contributed by atoms with E-state index in [-0.39, 0.29) is 24.2 Å². The van der Waals surface area contributed by atoms with Crippen LogP contribution in [-0.4, -0.2) is 50.0 Å². The van der Waals surface area contributed by atoms with Crippen LogP contribution in [0, 0.1) is 5.82 Å². The maximum atomic E-state index is 13.4. The van der Waals surface area contributed by atoms with Gasteiger partial charge >= 0.3 is 0 Å². The van der Waals surface area contributed by atoms with Crippen LogP contribution in [0.4, 0.5) is 10.1 Å². The molecule has 0 unspecified atom stereocenters. The highest BCUT2D eigenvalue weighted by Gasteiger charge is 2.30. The largest absolute Gasteiger partial charge is 0.352 e. The number of rotatable bonds is 10. The molecule has 0 radical (unpaired) electrons. The molecule has 0 heterocycles. The third-order valence-electron chi connectivity index (χ3n) is 5.23. The first kappa shape index (κ1) is 26.8. The minimum Gasteiger partial charge on any atom is -0.352 e. The van der Waals surface area contributed by atoms with Crippen LogP contribution >= 0.6 is 15.9 Å². The molecule has 2 rings (SSSR count). The highest BCUT2D eigenvalue weighted by Crippen LogP contribution is 2.20. The number of hydrogen-bond donors (Lipinski definition) is 1. The molecule has 0 aliphatic rings. The van der Waals surface area contributed by atoms with Crippen LogP contribution in [0.1, 0.15) is 32.8 Å². The van der Waals surface area contributed by atoms with E-state index in [4.69, 9.17) is 0 Å². The van der Waals surface area contributed by atoms with Crippen LogP contribution in [0.15, 0.2) is 53.0 Å². The second kappa shape index (κ2) is 11.6. The van der Waals surface area contributed by atoms with Gasteiger partial charge in [-0.05, 0) is 62.2 Å². The van der Waals surface area contributed by atoms with E-state index in [2.05, 4.69) is 21.2 Å². The molecule has 7 nitrogen and oxygen atoms in total. The first-order valence-electron chi connectivity index (χ1n) is 10.5. The second-order valence-electron chi connectivity index (χ2n) is 7.89. The number of anilines is 1. The van der Waals surface area contributed by atoms with Gasteiger partial charge in [0.1, 0.15) is 18.4 Å². The van der Waals surface area contributed by atoms with Crippen LogP contribution in [-0.2, 0) is 26.2 Å². The average molecular weight is 542 g/mol. The van der Waals surface area contributed by atoms with E-state index in [0.717, 1.165) is 39.2 Å². The molecule has 2 aromatic rings. The van der Waals surface area contributed by atoms with Gasteiger partial charge < -0.3 is 10.2 Å². The molecule has 0 saturated heterocycles. The zero-order valence-corrected chi connectivity index (χ0v) is 21.5. The fourth-order valence-electron chi connectivity index (χ4n) is 3.06. The monoisotopic (exact) mass is 541 g/mol. The summed E-state index contributed by atoms with van der Waals surface area (Å²) in [5.41, 5.74) is 0.940. The van der Waals surface area contributed by atoms with Crippen LogP contribution in [0.3, 0.4) is 0 Å². The molecule has 10 heteroatoms. The van der Waals surface area contributed by atoms with Crippen molar-refractivity contribution in [3.05, 3.63) is 64.4 Å². The normalized spacial score (nSPS) is 13.2. The Labute approximate surface area is 203 Å². The Bertz CT molecular complexity index is 1060. The second-order valence-corrected chi connectivity index (χ2v) is 10.7. The molecule has 2 amide bonds. The minimum atomic E-state index is -3.85.